The van der Waals surface area contributed by atoms with Crippen LogP contribution in [0.5, 0.6) is 5.75 Å². The van der Waals surface area contributed by atoms with Crippen molar-refractivity contribution in [3.8, 4) is 5.75 Å². The molecular formula is C9H14ClNO. The van der Waals surface area contributed by atoms with Crippen LogP contribution >= 0.6 is 12.4 Å². The lowest BCUT2D eigenvalue weighted by Gasteiger charge is -2.10. The Balaban J connectivity index is 0.00000121. The van der Waals surface area contributed by atoms with E-state index in [1.165, 1.54) is 0 Å². The van der Waals surface area contributed by atoms with Crippen molar-refractivity contribution in [2.45, 2.75) is 13.0 Å². The first-order valence-corrected chi connectivity index (χ1v) is 3.64. The molecule has 0 aromatic heterocycles. The number of hydrogen-bond donors (Lipinski definition) is 1. The highest BCUT2D eigenvalue weighted by Gasteiger charge is 2.04. The Morgan fingerprint density at radius 1 is 1.33 bits per heavy atom. The topological polar surface area (TPSA) is 35.2 Å². The Morgan fingerprint density at radius 2 is 1.92 bits per heavy atom. The Morgan fingerprint density at radius 3 is 2.33 bits per heavy atom. The molecule has 0 saturated carbocycles. The number of nitrogens with two attached hydrogens (primary N) is 1. The Bertz CT molecular complexity index is 238. The molecule has 1 aromatic rings. The molecule has 1 atom stereocenters. The zero-order chi connectivity index (χ0) is 8.27. The average Bonchev–Trinajstić information content (AvgIpc) is 2.04. The zero-order valence-electron chi connectivity index (χ0n) is 7.28. The van der Waals surface area contributed by atoms with Gasteiger partial charge in [-0.15, -0.1) is 12.4 Å². The number of halogens is 1. The summed E-state index contributed by atoms with van der Waals surface area (Å²) in [6, 6.07) is 7.82. The quantitative estimate of drug-likeness (QED) is 0.770. The van der Waals surface area contributed by atoms with Crippen LogP contribution in [0.25, 0.3) is 0 Å². The van der Waals surface area contributed by atoms with Gasteiger partial charge in [-0.3, -0.25) is 0 Å². The highest BCUT2D eigenvalue weighted by molar-refractivity contribution is 5.85. The molecule has 0 aliphatic rings. The van der Waals surface area contributed by atoms with E-state index >= 15 is 0 Å². The fraction of sp³-hybridized carbons (Fsp3) is 0.333. The summed E-state index contributed by atoms with van der Waals surface area (Å²) in [4.78, 5) is 0. The van der Waals surface area contributed by atoms with E-state index in [1.807, 2.05) is 31.2 Å². The maximum atomic E-state index is 5.71. The third kappa shape index (κ3) is 2.40. The minimum absolute atomic E-state index is 0. The van der Waals surface area contributed by atoms with Crippen LogP contribution in [0.4, 0.5) is 0 Å². The predicted octanol–water partition coefficient (Wildman–Crippen LogP) is 2.14. The van der Waals surface area contributed by atoms with Crippen LogP contribution in [0.3, 0.4) is 0 Å². The maximum absolute atomic E-state index is 5.71. The summed E-state index contributed by atoms with van der Waals surface area (Å²) in [6.07, 6.45) is 0. The van der Waals surface area contributed by atoms with Crippen molar-refractivity contribution in [2.24, 2.45) is 5.73 Å². The van der Waals surface area contributed by atoms with Crippen LogP contribution in [0.15, 0.2) is 24.3 Å². The number of methoxy groups -OCH3 is 1. The molecule has 0 heterocycles. The first-order chi connectivity index (χ1) is 5.25. The number of rotatable bonds is 2. The molecule has 1 unspecified atom stereocenters. The lowest BCUT2D eigenvalue weighted by Crippen LogP contribution is -2.06. The van der Waals surface area contributed by atoms with E-state index < -0.39 is 0 Å². The van der Waals surface area contributed by atoms with Gasteiger partial charge in [-0.2, -0.15) is 0 Å². The van der Waals surface area contributed by atoms with Gasteiger partial charge in [-0.1, -0.05) is 18.2 Å². The third-order valence-electron chi connectivity index (χ3n) is 1.63. The van der Waals surface area contributed by atoms with E-state index in [9.17, 15) is 0 Å². The van der Waals surface area contributed by atoms with Gasteiger partial charge in [-0.05, 0) is 13.0 Å². The monoisotopic (exact) mass is 187 g/mol. The number of ether oxygens (including phenoxy) is 1. The van der Waals surface area contributed by atoms with Crippen LogP contribution in [0.1, 0.15) is 18.5 Å². The highest BCUT2D eigenvalue weighted by Crippen LogP contribution is 2.22. The molecule has 0 aliphatic carbocycles. The summed E-state index contributed by atoms with van der Waals surface area (Å²) in [7, 11) is 1.65. The molecule has 0 radical (unpaired) electrons. The number of para-hydroxylation sites is 1. The van der Waals surface area contributed by atoms with Crippen LogP contribution < -0.4 is 10.5 Å². The van der Waals surface area contributed by atoms with Crippen molar-refractivity contribution in [1.82, 2.24) is 0 Å². The fourth-order valence-electron chi connectivity index (χ4n) is 1.04. The summed E-state index contributed by atoms with van der Waals surface area (Å²) in [5.74, 6) is 0.863. The van der Waals surface area contributed by atoms with E-state index in [4.69, 9.17) is 10.5 Å². The van der Waals surface area contributed by atoms with Crippen molar-refractivity contribution >= 4 is 12.4 Å². The Kier molecular flexibility index (Phi) is 4.71. The molecule has 1 rings (SSSR count). The second-order valence-corrected chi connectivity index (χ2v) is 2.53. The van der Waals surface area contributed by atoms with Gasteiger partial charge in [0.05, 0.1) is 7.11 Å². The van der Waals surface area contributed by atoms with Crippen LogP contribution in [-0.4, -0.2) is 7.11 Å². The maximum Gasteiger partial charge on any atom is 0.123 e. The first-order valence-electron chi connectivity index (χ1n) is 3.64. The molecule has 3 heteroatoms. The second-order valence-electron chi connectivity index (χ2n) is 2.53. The predicted molar refractivity (Wildman–Crippen MR) is 52.8 cm³/mol. The van der Waals surface area contributed by atoms with E-state index in [2.05, 4.69) is 0 Å². The van der Waals surface area contributed by atoms with Crippen LogP contribution in [0.2, 0.25) is 0 Å². The zero-order valence-corrected chi connectivity index (χ0v) is 8.10. The summed E-state index contributed by atoms with van der Waals surface area (Å²) in [5, 5.41) is 0. The van der Waals surface area contributed by atoms with E-state index in [0.717, 1.165) is 11.3 Å². The van der Waals surface area contributed by atoms with Crippen molar-refractivity contribution in [2.75, 3.05) is 7.11 Å². The molecule has 0 spiro atoms. The number of benzene rings is 1. The van der Waals surface area contributed by atoms with E-state index in [-0.39, 0.29) is 18.4 Å². The normalized spacial score (nSPS) is 11.6. The molecule has 0 saturated heterocycles. The van der Waals surface area contributed by atoms with Crippen LogP contribution in [0, 0.1) is 0 Å². The molecule has 1 aromatic carbocycles. The Hall–Kier alpha value is -0.730. The Labute approximate surface area is 79.1 Å². The van der Waals surface area contributed by atoms with E-state index in [1.54, 1.807) is 7.11 Å². The minimum Gasteiger partial charge on any atom is -0.496 e. The molecule has 0 fully saturated rings. The summed E-state index contributed by atoms with van der Waals surface area (Å²) in [5.41, 5.74) is 6.76. The van der Waals surface area contributed by atoms with Crippen molar-refractivity contribution < 1.29 is 4.74 Å². The van der Waals surface area contributed by atoms with Crippen molar-refractivity contribution in [3.63, 3.8) is 0 Å². The second kappa shape index (κ2) is 5.01. The molecule has 2 nitrogen and oxygen atoms in total. The smallest absolute Gasteiger partial charge is 0.123 e. The van der Waals surface area contributed by atoms with Gasteiger partial charge in [-0.25, -0.2) is 0 Å². The van der Waals surface area contributed by atoms with Gasteiger partial charge in [0.2, 0.25) is 0 Å². The minimum atomic E-state index is 0. The lowest BCUT2D eigenvalue weighted by molar-refractivity contribution is 0.407. The van der Waals surface area contributed by atoms with E-state index in [0.29, 0.717) is 0 Å². The summed E-state index contributed by atoms with van der Waals surface area (Å²) < 4.78 is 5.13. The molecule has 68 valence electrons. The molecule has 0 amide bonds. The largest absolute Gasteiger partial charge is 0.496 e. The average molecular weight is 188 g/mol. The van der Waals surface area contributed by atoms with Gasteiger partial charge in [0.15, 0.2) is 0 Å². The van der Waals surface area contributed by atoms with Gasteiger partial charge in [0.1, 0.15) is 5.75 Å². The number of hydrogen-bond acceptors (Lipinski definition) is 2. The molecule has 0 aliphatic heterocycles. The summed E-state index contributed by atoms with van der Waals surface area (Å²) in [6.45, 7) is 1.94. The third-order valence-corrected chi connectivity index (χ3v) is 1.63. The standard InChI is InChI=1S/C9H13NO.ClH/c1-7(10)8-5-3-4-6-9(8)11-2;/h3-7H,10H2,1-2H3;1H. The van der Waals surface area contributed by atoms with Gasteiger partial charge < -0.3 is 10.5 Å². The van der Waals surface area contributed by atoms with Gasteiger partial charge in [0.25, 0.3) is 0 Å². The van der Waals surface area contributed by atoms with Crippen molar-refractivity contribution in [3.05, 3.63) is 29.8 Å². The fourth-order valence-corrected chi connectivity index (χ4v) is 1.04. The first kappa shape index (κ1) is 11.3. The molecule has 0 bridgehead atoms. The van der Waals surface area contributed by atoms with Gasteiger partial charge >= 0.3 is 0 Å². The lowest BCUT2D eigenvalue weighted by atomic mass is 10.1. The SMILES string of the molecule is COc1ccccc1C(C)N.Cl. The summed E-state index contributed by atoms with van der Waals surface area (Å²) >= 11 is 0. The molecular weight excluding hydrogens is 174 g/mol. The molecule has 2 N–H and O–H groups in total. The van der Waals surface area contributed by atoms with Gasteiger partial charge in [0, 0.05) is 11.6 Å². The van der Waals surface area contributed by atoms with Crippen molar-refractivity contribution in [1.29, 1.82) is 0 Å². The van der Waals surface area contributed by atoms with Crippen LogP contribution in [-0.2, 0) is 0 Å². The molecule has 12 heavy (non-hydrogen) atoms. The highest BCUT2D eigenvalue weighted by atomic mass is 35.5.